The molecule has 178 valence electrons. The van der Waals surface area contributed by atoms with Crippen molar-refractivity contribution in [2.75, 3.05) is 13.1 Å². The van der Waals surface area contributed by atoms with Crippen LogP contribution in [-0.2, 0) is 25.6 Å². The lowest BCUT2D eigenvalue weighted by Gasteiger charge is -2.28. The first-order chi connectivity index (χ1) is 15.9. The van der Waals surface area contributed by atoms with Crippen LogP contribution in [0.15, 0.2) is 18.2 Å². The molecular weight excluding hydrogens is 432 g/mol. The van der Waals surface area contributed by atoms with Crippen LogP contribution in [0.1, 0.15) is 44.1 Å². The Labute approximate surface area is 191 Å². The van der Waals surface area contributed by atoms with E-state index >= 15 is 0 Å². The number of aldehydes is 1. The molecule has 1 aliphatic carbocycles. The van der Waals surface area contributed by atoms with Crippen molar-refractivity contribution in [1.82, 2.24) is 15.5 Å². The molecule has 33 heavy (non-hydrogen) atoms. The number of nitrogens with one attached hydrogen (secondary N) is 2. The molecule has 3 fully saturated rings. The number of carbonyl (C=O) groups is 4. The minimum absolute atomic E-state index is 0.0302. The number of rotatable bonds is 8. The van der Waals surface area contributed by atoms with Gasteiger partial charge in [0.05, 0.1) is 6.04 Å². The van der Waals surface area contributed by atoms with Gasteiger partial charge in [0.15, 0.2) is 0 Å². The molecule has 9 heteroatoms. The lowest BCUT2D eigenvalue weighted by atomic mass is 9.92. The molecule has 4 rings (SSSR count). The highest BCUT2D eigenvalue weighted by Gasteiger charge is 2.49. The Morgan fingerprint density at radius 2 is 1.94 bits per heavy atom. The van der Waals surface area contributed by atoms with E-state index in [0.29, 0.717) is 31.4 Å². The normalized spacial score (nSPS) is 27.2. The first-order valence-electron chi connectivity index (χ1n) is 11.6. The van der Waals surface area contributed by atoms with Gasteiger partial charge in [0.1, 0.15) is 24.0 Å². The number of hydrogen-bond donors (Lipinski definition) is 2. The lowest BCUT2D eigenvalue weighted by molar-refractivity contribution is -0.140. The van der Waals surface area contributed by atoms with Gasteiger partial charge in [-0.15, -0.1) is 0 Å². The molecule has 2 heterocycles. The van der Waals surface area contributed by atoms with E-state index in [4.69, 9.17) is 0 Å². The first kappa shape index (κ1) is 23.3. The van der Waals surface area contributed by atoms with E-state index in [0.717, 1.165) is 25.3 Å². The number of aryl methyl sites for hydroxylation is 1. The van der Waals surface area contributed by atoms with Crippen molar-refractivity contribution in [3.63, 3.8) is 0 Å². The summed E-state index contributed by atoms with van der Waals surface area (Å²) in [5.74, 6) is -2.17. The van der Waals surface area contributed by atoms with E-state index < -0.39 is 23.7 Å². The number of fused-ring (bicyclic) bond motifs is 1. The van der Waals surface area contributed by atoms with Gasteiger partial charge in [-0.2, -0.15) is 0 Å². The van der Waals surface area contributed by atoms with Crippen molar-refractivity contribution < 1.29 is 28.0 Å². The monoisotopic (exact) mass is 461 g/mol. The Bertz CT molecular complexity index is 920. The summed E-state index contributed by atoms with van der Waals surface area (Å²) < 4.78 is 26.9. The molecule has 2 N–H and O–H groups in total. The average molecular weight is 462 g/mol. The second-order valence-corrected chi connectivity index (χ2v) is 9.39. The van der Waals surface area contributed by atoms with Crippen LogP contribution in [0.4, 0.5) is 8.78 Å². The van der Waals surface area contributed by atoms with Crippen LogP contribution in [0.3, 0.4) is 0 Å². The smallest absolute Gasteiger partial charge is 0.243 e. The van der Waals surface area contributed by atoms with Gasteiger partial charge in [-0.3, -0.25) is 14.4 Å². The molecule has 2 saturated heterocycles. The van der Waals surface area contributed by atoms with Gasteiger partial charge in [0.25, 0.3) is 0 Å². The Morgan fingerprint density at radius 3 is 2.61 bits per heavy atom. The summed E-state index contributed by atoms with van der Waals surface area (Å²) in [6.45, 7) is 1.03. The standard InChI is InChI=1S/C24H29F2N3O4/c25-17-8-14(9-18(26)11-17)4-5-21(31)29-12-16-2-1-3-20(16)22(29)24(33)28-19(13-30)10-15-6-7-27-23(15)32/h8-9,11,13,15-16,19-20,22H,1-7,10,12H2,(H,27,32)(H,28,33)/t15-,16-,19-,20+,22+/m0/s1. The Kier molecular flexibility index (Phi) is 7.05. The van der Waals surface area contributed by atoms with Crippen molar-refractivity contribution >= 4 is 24.0 Å². The van der Waals surface area contributed by atoms with Gasteiger partial charge < -0.3 is 20.3 Å². The molecule has 5 atom stereocenters. The zero-order valence-electron chi connectivity index (χ0n) is 18.4. The summed E-state index contributed by atoms with van der Waals surface area (Å²) in [5, 5.41) is 5.49. The maximum absolute atomic E-state index is 13.5. The number of halogens is 2. The van der Waals surface area contributed by atoms with E-state index in [-0.39, 0.29) is 54.7 Å². The van der Waals surface area contributed by atoms with Crippen molar-refractivity contribution in [1.29, 1.82) is 0 Å². The largest absolute Gasteiger partial charge is 0.356 e. The zero-order chi connectivity index (χ0) is 23.5. The number of hydrogen-bond acceptors (Lipinski definition) is 4. The van der Waals surface area contributed by atoms with Crippen LogP contribution in [-0.4, -0.2) is 54.1 Å². The minimum atomic E-state index is -0.793. The fourth-order valence-electron chi connectivity index (χ4n) is 5.64. The Hall–Kier alpha value is -2.84. The average Bonchev–Trinajstić information content (AvgIpc) is 3.47. The Morgan fingerprint density at radius 1 is 1.18 bits per heavy atom. The second-order valence-electron chi connectivity index (χ2n) is 9.39. The van der Waals surface area contributed by atoms with Crippen molar-refractivity contribution in [3.8, 4) is 0 Å². The van der Waals surface area contributed by atoms with E-state index in [1.807, 2.05) is 0 Å². The van der Waals surface area contributed by atoms with Crippen molar-refractivity contribution in [3.05, 3.63) is 35.4 Å². The highest BCUT2D eigenvalue weighted by Crippen LogP contribution is 2.42. The topological polar surface area (TPSA) is 95.6 Å². The summed E-state index contributed by atoms with van der Waals surface area (Å²) in [6.07, 6.45) is 4.47. The highest BCUT2D eigenvalue weighted by atomic mass is 19.1. The second kappa shape index (κ2) is 9.97. The van der Waals surface area contributed by atoms with Gasteiger partial charge in [0.2, 0.25) is 17.7 Å². The summed E-state index contributed by atoms with van der Waals surface area (Å²) in [7, 11) is 0. The molecule has 1 saturated carbocycles. The fourth-order valence-corrected chi connectivity index (χ4v) is 5.64. The Balaban J connectivity index is 1.42. The number of likely N-dealkylation sites (tertiary alicyclic amines) is 1. The van der Waals surface area contributed by atoms with Crippen molar-refractivity contribution in [2.24, 2.45) is 17.8 Å². The van der Waals surface area contributed by atoms with Crippen LogP contribution in [0.5, 0.6) is 0 Å². The molecule has 0 unspecified atom stereocenters. The van der Waals surface area contributed by atoms with E-state index in [9.17, 15) is 28.0 Å². The molecule has 0 aromatic heterocycles. The van der Waals surface area contributed by atoms with E-state index in [1.54, 1.807) is 4.90 Å². The number of benzene rings is 1. The van der Waals surface area contributed by atoms with Crippen molar-refractivity contribution in [2.45, 2.75) is 57.0 Å². The summed E-state index contributed by atoms with van der Waals surface area (Å²) >= 11 is 0. The van der Waals surface area contributed by atoms with Gasteiger partial charge in [-0.25, -0.2) is 8.78 Å². The quantitative estimate of drug-likeness (QED) is 0.577. The minimum Gasteiger partial charge on any atom is -0.356 e. The molecule has 0 spiro atoms. The summed E-state index contributed by atoms with van der Waals surface area (Å²) in [4.78, 5) is 51.3. The van der Waals surface area contributed by atoms with Gasteiger partial charge in [-0.1, -0.05) is 6.42 Å². The van der Waals surface area contributed by atoms with Gasteiger partial charge >= 0.3 is 0 Å². The molecule has 2 aliphatic heterocycles. The first-order valence-corrected chi connectivity index (χ1v) is 11.6. The van der Waals surface area contributed by atoms with E-state index in [2.05, 4.69) is 10.6 Å². The van der Waals surface area contributed by atoms with Crippen LogP contribution < -0.4 is 10.6 Å². The highest BCUT2D eigenvalue weighted by molar-refractivity contribution is 5.90. The van der Waals surface area contributed by atoms with Crippen LogP contribution >= 0.6 is 0 Å². The summed E-state index contributed by atoms with van der Waals surface area (Å²) in [5.41, 5.74) is 0.386. The zero-order valence-corrected chi connectivity index (χ0v) is 18.4. The maximum atomic E-state index is 13.5. The van der Waals surface area contributed by atoms with Gasteiger partial charge in [0, 0.05) is 31.5 Å². The fraction of sp³-hybridized carbons (Fsp3) is 0.583. The predicted molar refractivity (Wildman–Crippen MR) is 115 cm³/mol. The third-order valence-electron chi connectivity index (χ3n) is 7.22. The molecule has 7 nitrogen and oxygen atoms in total. The third-order valence-corrected chi connectivity index (χ3v) is 7.22. The van der Waals surface area contributed by atoms with Crippen LogP contribution in [0, 0.1) is 29.4 Å². The molecule has 3 aliphatic rings. The van der Waals surface area contributed by atoms with Crippen LogP contribution in [0.25, 0.3) is 0 Å². The lowest BCUT2D eigenvalue weighted by Crippen LogP contribution is -2.52. The molecule has 0 bridgehead atoms. The number of amides is 3. The summed E-state index contributed by atoms with van der Waals surface area (Å²) in [6, 6.07) is 1.72. The maximum Gasteiger partial charge on any atom is 0.243 e. The number of carbonyl (C=O) groups excluding carboxylic acids is 4. The SMILES string of the molecule is O=C[C@H](C[C@@H]1CCNC1=O)NC(=O)[C@H]1[C@@H]2CCC[C@H]2CN1C(=O)CCc1cc(F)cc(F)c1. The predicted octanol–water partition coefficient (Wildman–Crippen LogP) is 1.73. The molecule has 3 amide bonds. The molecule has 0 radical (unpaired) electrons. The number of nitrogens with zero attached hydrogens (tertiary/aromatic N) is 1. The molecule has 1 aromatic rings. The molecular formula is C24H29F2N3O4. The van der Waals surface area contributed by atoms with Gasteiger partial charge in [-0.05, 0) is 61.6 Å². The van der Waals surface area contributed by atoms with E-state index in [1.165, 1.54) is 12.1 Å². The molecule has 1 aromatic carbocycles. The van der Waals surface area contributed by atoms with Crippen LogP contribution in [0.2, 0.25) is 0 Å². The third kappa shape index (κ3) is 5.23.